The first kappa shape index (κ1) is 14.3. The molecule has 0 aliphatic heterocycles. The van der Waals surface area contributed by atoms with E-state index in [0.717, 1.165) is 5.56 Å². The number of aromatic nitrogens is 1. The van der Waals surface area contributed by atoms with Crippen LogP contribution in [0.5, 0.6) is 0 Å². The molecule has 6 heteroatoms. The van der Waals surface area contributed by atoms with Crippen molar-refractivity contribution in [3.8, 4) is 0 Å². The largest absolute Gasteiger partial charge is 0.349 e. The van der Waals surface area contributed by atoms with Gasteiger partial charge in [0.25, 0.3) is 5.69 Å². The molecule has 0 N–H and O–H groups in total. The zero-order valence-electron chi connectivity index (χ0n) is 10.9. The van der Waals surface area contributed by atoms with Gasteiger partial charge in [0.2, 0.25) is 0 Å². The van der Waals surface area contributed by atoms with Crippen LogP contribution < -0.4 is 0 Å². The number of nitro groups is 1. The summed E-state index contributed by atoms with van der Waals surface area (Å²) in [4.78, 5) is 21.7. The van der Waals surface area contributed by atoms with E-state index in [4.69, 9.17) is 11.6 Å². The minimum absolute atomic E-state index is 0.0342. The number of ketones is 1. The highest BCUT2D eigenvalue weighted by Gasteiger charge is 2.10. The lowest BCUT2D eigenvalue weighted by atomic mass is 10.2. The Hall–Kier alpha value is -2.14. The third-order valence-electron chi connectivity index (χ3n) is 2.99. The fourth-order valence-corrected chi connectivity index (χ4v) is 2.12. The maximum Gasteiger partial charge on any atom is 0.270 e. The molecule has 0 radical (unpaired) electrons. The van der Waals surface area contributed by atoms with Gasteiger partial charge >= 0.3 is 0 Å². The molecule has 1 aromatic heterocycles. The summed E-state index contributed by atoms with van der Waals surface area (Å²) in [5.74, 6) is 0.0820. The molecule has 0 aliphatic carbocycles. The van der Waals surface area contributed by atoms with Gasteiger partial charge in [0.05, 0.1) is 9.95 Å². The van der Waals surface area contributed by atoms with Crippen LogP contribution in [0.25, 0.3) is 0 Å². The summed E-state index contributed by atoms with van der Waals surface area (Å²) in [5, 5.41) is 11.0. The molecule has 0 spiro atoms. The number of hydrogen-bond acceptors (Lipinski definition) is 3. The topological polar surface area (TPSA) is 65.1 Å². The Bertz CT molecular complexity index is 664. The van der Waals surface area contributed by atoms with Gasteiger partial charge in [-0.2, -0.15) is 0 Å². The Morgan fingerprint density at radius 1 is 1.40 bits per heavy atom. The Morgan fingerprint density at radius 2 is 2.15 bits per heavy atom. The number of benzene rings is 1. The van der Waals surface area contributed by atoms with Crippen LogP contribution in [0.2, 0.25) is 5.02 Å². The average molecular weight is 293 g/mol. The smallest absolute Gasteiger partial charge is 0.270 e. The van der Waals surface area contributed by atoms with Crippen molar-refractivity contribution in [1.82, 2.24) is 4.57 Å². The average Bonchev–Trinajstić information content (AvgIpc) is 2.88. The van der Waals surface area contributed by atoms with E-state index < -0.39 is 4.92 Å². The third-order valence-corrected chi connectivity index (χ3v) is 3.35. The van der Waals surface area contributed by atoms with E-state index in [1.165, 1.54) is 12.1 Å². The van der Waals surface area contributed by atoms with Crippen molar-refractivity contribution in [2.24, 2.45) is 0 Å². The fraction of sp³-hybridized carbons (Fsp3) is 0.214. The summed E-state index contributed by atoms with van der Waals surface area (Å²) in [6, 6.07) is 6.13. The minimum Gasteiger partial charge on any atom is -0.349 e. The summed E-state index contributed by atoms with van der Waals surface area (Å²) in [7, 11) is 0. The summed E-state index contributed by atoms with van der Waals surface area (Å²) in [6.45, 7) is 2.28. The molecule has 0 saturated heterocycles. The zero-order valence-corrected chi connectivity index (χ0v) is 11.6. The number of nitro benzene ring substituents is 1. The molecule has 0 amide bonds. The number of non-ortho nitro benzene ring substituents is 1. The highest BCUT2D eigenvalue weighted by molar-refractivity contribution is 6.31. The first-order valence-corrected chi connectivity index (χ1v) is 6.51. The minimum atomic E-state index is -0.483. The standard InChI is InChI=1S/C14H13ClN2O3/c1-2-14(18)11-5-6-16(9-11)8-10-3-4-12(17(19)20)7-13(10)15/h3-7,9H,2,8H2,1H3. The molecule has 20 heavy (non-hydrogen) atoms. The predicted octanol–water partition coefficient (Wildman–Crippen LogP) is 3.69. The van der Waals surface area contributed by atoms with Gasteiger partial charge in [-0.25, -0.2) is 0 Å². The molecule has 0 aliphatic rings. The predicted molar refractivity (Wildman–Crippen MR) is 76.3 cm³/mol. The van der Waals surface area contributed by atoms with Crippen molar-refractivity contribution in [2.75, 3.05) is 0 Å². The first-order valence-electron chi connectivity index (χ1n) is 6.13. The Balaban J connectivity index is 2.20. The summed E-state index contributed by atoms with van der Waals surface area (Å²) >= 11 is 6.04. The van der Waals surface area contributed by atoms with Crippen LogP contribution in [0.15, 0.2) is 36.7 Å². The van der Waals surface area contributed by atoms with E-state index >= 15 is 0 Å². The van der Waals surface area contributed by atoms with Crippen LogP contribution in [-0.2, 0) is 6.54 Å². The number of hydrogen-bond donors (Lipinski definition) is 0. The number of carbonyl (C=O) groups is 1. The van der Waals surface area contributed by atoms with Gasteiger partial charge in [-0.1, -0.05) is 18.5 Å². The summed E-state index contributed by atoms with van der Waals surface area (Å²) < 4.78 is 1.83. The van der Waals surface area contributed by atoms with Gasteiger partial charge in [-0.3, -0.25) is 14.9 Å². The molecule has 1 aromatic carbocycles. The van der Waals surface area contributed by atoms with Crippen molar-refractivity contribution < 1.29 is 9.72 Å². The fourth-order valence-electron chi connectivity index (χ4n) is 1.88. The van der Waals surface area contributed by atoms with Gasteiger partial charge in [0.15, 0.2) is 5.78 Å². The van der Waals surface area contributed by atoms with Crippen molar-refractivity contribution in [3.63, 3.8) is 0 Å². The Kier molecular flexibility index (Phi) is 4.20. The molecular formula is C14H13ClN2O3. The van der Waals surface area contributed by atoms with E-state index in [0.29, 0.717) is 23.6 Å². The van der Waals surface area contributed by atoms with Gasteiger partial charge in [-0.05, 0) is 17.7 Å². The van der Waals surface area contributed by atoms with Crippen LogP contribution >= 0.6 is 11.6 Å². The molecule has 104 valence electrons. The van der Waals surface area contributed by atoms with Gasteiger partial charge in [-0.15, -0.1) is 0 Å². The van der Waals surface area contributed by atoms with E-state index in [1.54, 1.807) is 24.5 Å². The summed E-state index contributed by atoms with van der Waals surface area (Å²) in [6.07, 6.45) is 4.01. The van der Waals surface area contributed by atoms with Gasteiger partial charge in [0, 0.05) is 43.1 Å². The molecule has 0 unspecified atom stereocenters. The zero-order chi connectivity index (χ0) is 14.7. The molecule has 0 atom stereocenters. The van der Waals surface area contributed by atoms with Crippen LogP contribution in [0, 0.1) is 10.1 Å². The lowest BCUT2D eigenvalue weighted by molar-refractivity contribution is -0.384. The van der Waals surface area contributed by atoms with E-state index in [9.17, 15) is 14.9 Å². The quantitative estimate of drug-likeness (QED) is 0.479. The van der Waals surface area contributed by atoms with E-state index in [1.807, 2.05) is 11.5 Å². The number of Topliss-reactive ketones (excluding diaryl/α,β-unsaturated/α-hetero) is 1. The highest BCUT2D eigenvalue weighted by Crippen LogP contribution is 2.23. The molecule has 0 saturated carbocycles. The van der Waals surface area contributed by atoms with Crippen LogP contribution in [0.4, 0.5) is 5.69 Å². The highest BCUT2D eigenvalue weighted by atomic mass is 35.5. The monoisotopic (exact) mass is 292 g/mol. The lowest BCUT2D eigenvalue weighted by Gasteiger charge is -2.05. The molecule has 2 aromatic rings. The van der Waals surface area contributed by atoms with Crippen LogP contribution in [0.3, 0.4) is 0 Å². The number of halogens is 1. The van der Waals surface area contributed by atoms with Gasteiger partial charge < -0.3 is 4.57 Å². The second-order valence-electron chi connectivity index (χ2n) is 4.38. The van der Waals surface area contributed by atoms with Crippen LogP contribution in [-0.4, -0.2) is 15.3 Å². The van der Waals surface area contributed by atoms with E-state index in [2.05, 4.69) is 0 Å². The SMILES string of the molecule is CCC(=O)c1ccn(Cc2ccc([N+](=O)[O-])cc2Cl)c1. The Morgan fingerprint density at radius 3 is 2.75 bits per heavy atom. The molecule has 0 bridgehead atoms. The van der Waals surface area contributed by atoms with Crippen molar-refractivity contribution in [3.05, 3.63) is 62.9 Å². The number of rotatable bonds is 5. The molecule has 1 heterocycles. The second kappa shape index (κ2) is 5.88. The van der Waals surface area contributed by atoms with Crippen molar-refractivity contribution >= 4 is 23.1 Å². The normalized spacial score (nSPS) is 10.5. The maximum absolute atomic E-state index is 11.6. The Labute approximate surface area is 120 Å². The molecule has 0 fully saturated rings. The molecule has 2 rings (SSSR count). The molecule has 5 nitrogen and oxygen atoms in total. The molecular weight excluding hydrogens is 280 g/mol. The number of carbonyl (C=O) groups excluding carboxylic acids is 1. The lowest BCUT2D eigenvalue weighted by Crippen LogP contribution is -1.99. The van der Waals surface area contributed by atoms with Crippen molar-refractivity contribution in [1.29, 1.82) is 0 Å². The summed E-state index contributed by atoms with van der Waals surface area (Å²) in [5.41, 5.74) is 1.39. The van der Waals surface area contributed by atoms with Crippen molar-refractivity contribution in [2.45, 2.75) is 19.9 Å². The first-order chi connectivity index (χ1) is 9.51. The van der Waals surface area contributed by atoms with E-state index in [-0.39, 0.29) is 11.5 Å². The number of nitrogens with zero attached hydrogens (tertiary/aromatic N) is 2. The maximum atomic E-state index is 11.6. The third kappa shape index (κ3) is 3.05. The second-order valence-corrected chi connectivity index (χ2v) is 4.79. The van der Waals surface area contributed by atoms with Crippen LogP contribution in [0.1, 0.15) is 29.3 Å². The van der Waals surface area contributed by atoms with Gasteiger partial charge in [0.1, 0.15) is 0 Å².